The van der Waals surface area contributed by atoms with E-state index in [1.807, 2.05) is 26.0 Å². The van der Waals surface area contributed by atoms with Gasteiger partial charge in [-0.2, -0.15) is 0 Å². The Balaban J connectivity index is 0.00000364. The molecule has 1 aliphatic rings. The molecule has 0 radical (unpaired) electrons. The third-order valence-corrected chi connectivity index (χ3v) is 4.69. The number of aliphatic imine (C=N–C) groups is 1. The summed E-state index contributed by atoms with van der Waals surface area (Å²) >= 11 is 5.95. The minimum atomic E-state index is 0. The van der Waals surface area contributed by atoms with Crippen LogP contribution in [0.5, 0.6) is 0 Å². The van der Waals surface area contributed by atoms with E-state index in [4.69, 9.17) is 11.6 Å². The van der Waals surface area contributed by atoms with Crippen molar-refractivity contribution in [2.24, 2.45) is 10.9 Å². The molecule has 1 aromatic rings. The van der Waals surface area contributed by atoms with Gasteiger partial charge in [0.15, 0.2) is 5.96 Å². The number of hydrogen-bond acceptors (Lipinski definition) is 3. The summed E-state index contributed by atoms with van der Waals surface area (Å²) in [6, 6.07) is 8.05. The monoisotopic (exact) mass is 507 g/mol. The Morgan fingerprint density at radius 2 is 1.70 bits per heavy atom. The number of carbonyl (C=O) groups is 1. The molecule has 152 valence electrons. The summed E-state index contributed by atoms with van der Waals surface area (Å²) in [7, 11) is 1.80. The summed E-state index contributed by atoms with van der Waals surface area (Å²) in [5.74, 6) is 0.996. The van der Waals surface area contributed by atoms with Crippen molar-refractivity contribution in [2.45, 2.75) is 20.4 Å². The molecule has 0 aliphatic carbocycles. The van der Waals surface area contributed by atoms with Gasteiger partial charge in [-0.25, -0.2) is 0 Å². The molecule has 0 bridgehead atoms. The number of piperazine rings is 1. The number of nitrogens with one attached hydrogen (secondary N) is 2. The number of carbonyl (C=O) groups excluding carboxylic acids is 1. The van der Waals surface area contributed by atoms with Crippen LogP contribution in [0, 0.1) is 5.92 Å². The van der Waals surface area contributed by atoms with Gasteiger partial charge in [-0.15, -0.1) is 24.0 Å². The fourth-order valence-electron chi connectivity index (χ4n) is 2.86. The van der Waals surface area contributed by atoms with E-state index in [0.29, 0.717) is 13.1 Å². The smallest absolute Gasteiger partial charge is 0.222 e. The molecule has 0 atom stereocenters. The van der Waals surface area contributed by atoms with Gasteiger partial charge in [-0.1, -0.05) is 37.6 Å². The lowest BCUT2D eigenvalue weighted by Gasteiger charge is -2.36. The lowest BCUT2D eigenvalue weighted by molar-refractivity contribution is -0.123. The van der Waals surface area contributed by atoms with Crippen molar-refractivity contribution in [3.63, 3.8) is 0 Å². The van der Waals surface area contributed by atoms with Crippen molar-refractivity contribution < 1.29 is 4.79 Å². The summed E-state index contributed by atoms with van der Waals surface area (Å²) in [5, 5.41) is 7.02. The standard InChI is InChI=1S/C19H30ClN5O.HI/c1-15(2)18(26)22-8-9-23-19(21-3)25-12-10-24(11-13-25)14-16-4-6-17(20)7-5-16;/h4-7,15H,8-14H2,1-3H3,(H,21,23)(H,22,26);1H. The van der Waals surface area contributed by atoms with Gasteiger partial charge in [0.2, 0.25) is 5.91 Å². The van der Waals surface area contributed by atoms with Crippen LogP contribution in [0.1, 0.15) is 19.4 Å². The molecule has 8 heteroatoms. The average molecular weight is 508 g/mol. The fraction of sp³-hybridized carbons (Fsp3) is 0.579. The van der Waals surface area contributed by atoms with Crippen LogP contribution >= 0.6 is 35.6 Å². The first-order valence-electron chi connectivity index (χ1n) is 9.19. The van der Waals surface area contributed by atoms with Gasteiger partial charge in [-0.05, 0) is 17.7 Å². The van der Waals surface area contributed by atoms with E-state index in [1.54, 1.807) is 7.05 Å². The molecule has 2 rings (SSSR count). The van der Waals surface area contributed by atoms with E-state index in [-0.39, 0.29) is 35.8 Å². The number of rotatable bonds is 6. The largest absolute Gasteiger partial charge is 0.354 e. The Labute approximate surface area is 184 Å². The molecule has 1 aromatic carbocycles. The molecule has 1 aliphatic heterocycles. The van der Waals surface area contributed by atoms with Gasteiger partial charge in [-0.3, -0.25) is 14.7 Å². The van der Waals surface area contributed by atoms with Crippen LogP contribution in [0.15, 0.2) is 29.3 Å². The Bertz CT molecular complexity index is 601. The van der Waals surface area contributed by atoms with Crippen molar-refractivity contribution in [1.29, 1.82) is 0 Å². The van der Waals surface area contributed by atoms with Crippen LogP contribution in [0.25, 0.3) is 0 Å². The normalized spacial score (nSPS) is 15.4. The highest BCUT2D eigenvalue weighted by molar-refractivity contribution is 14.0. The molecule has 0 saturated carbocycles. The molecular formula is C19H31ClIN5O. The summed E-state index contributed by atoms with van der Waals surface area (Å²) in [5.41, 5.74) is 1.28. The molecule has 1 heterocycles. The molecule has 0 aromatic heterocycles. The van der Waals surface area contributed by atoms with E-state index < -0.39 is 0 Å². The summed E-state index contributed by atoms with van der Waals surface area (Å²) in [6.07, 6.45) is 0. The van der Waals surface area contributed by atoms with Crippen molar-refractivity contribution in [2.75, 3.05) is 46.3 Å². The van der Waals surface area contributed by atoms with Crippen LogP contribution in [0.4, 0.5) is 0 Å². The third kappa shape index (κ3) is 8.23. The minimum Gasteiger partial charge on any atom is -0.354 e. The van der Waals surface area contributed by atoms with Crippen molar-refractivity contribution >= 4 is 47.4 Å². The number of benzene rings is 1. The summed E-state index contributed by atoms with van der Waals surface area (Å²) in [4.78, 5) is 20.6. The predicted octanol–water partition coefficient (Wildman–Crippen LogP) is 2.42. The van der Waals surface area contributed by atoms with Crippen LogP contribution in [0.2, 0.25) is 5.02 Å². The second-order valence-corrected chi connectivity index (χ2v) is 7.25. The van der Waals surface area contributed by atoms with Crippen LogP contribution < -0.4 is 10.6 Å². The van der Waals surface area contributed by atoms with Crippen LogP contribution in [-0.2, 0) is 11.3 Å². The highest BCUT2D eigenvalue weighted by Gasteiger charge is 2.19. The first kappa shape index (κ1) is 24.0. The predicted molar refractivity (Wildman–Crippen MR) is 123 cm³/mol. The zero-order valence-corrected chi connectivity index (χ0v) is 19.5. The molecule has 0 spiro atoms. The molecule has 1 fully saturated rings. The molecule has 1 amide bonds. The lowest BCUT2D eigenvalue weighted by atomic mass is 10.2. The third-order valence-electron chi connectivity index (χ3n) is 4.43. The summed E-state index contributed by atoms with van der Waals surface area (Å²) in [6.45, 7) is 9.87. The van der Waals surface area contributed by atoms with Crippen molar-refractivity contribution in [1.82, 2.24) is 20.4 Å². The average Bonchev–Trinajstić information content (AvgIpc) is 2.64. The minimum absolute atomic E-state index is 0. The van der Waals surface area contributed by atoms with Gasteiger partial charge in [0.1, 0.15) is 0 Å². The quantitative estimate of drug-likeness (QED) is 0.269. The molecule has 2 N–H and O–H groups in total. The Kier molecular flexibility index (Phi) is 11.0. The second kappa shape index (κ2) is 12.4. The number of nitrogens with zero attached hydrogens (tertiary/aromatic N) is 3. The first-order chi connectivity index (χ1) is 12.5. The van der Waals surface area contributed by atoms with Gasteiger partial charge in [0.25, 0.3) is 0 Å². The lowest BCUT2D eigenvalue weighted by Crippen LogP contribution is -2.53. The zero-order valence-electron chi connectivity index (χ0n) is 16.4. The number of guanidine groups is 1. The van der Waals surface area contributed by atoms with E-state index in [9.17, 15) is 4.79 Å². The highest BCUT2D eigenvalue weighted by Crippen LogP contribution is 2.13. The molecule has 0 unspecified atom stereocenters. The molecule has 6 nitrogen and oxygen atoms in total. The Morgan fingerprint density at radius 3 is 2.26 bits per heavy atom. The highest BCUT2D eigenvalue weighted by atomic mass is 127. The second-order valence-electron chi connectivity index (χ2n) is 6.81. The van der Waals surface area contributed by atoms with Crippen molar-refractivity contribution in [3.05, 3.63) is 34.9 Å². The fourth-order valence-corrected chi connectivity index (χ4v) is 2.99. The molecule has 27 heavy (non-hydrogen) atoms. The van der Waals surface area contributed by atoms with Gasteiger partial charge >= 0.3 is 0 Å². The Hall–Kier alpha value is -1.06. The topological polar surface area (TPSA) is 60.0 Å². The maximum atomic E-state index is 11.6. The maximum absolute atomic E-state index is 11.6. The Morgan fingerprint density at radius 1 is 1.11 bits per heavy atom. The van der Waals surface area contributed by atoms with Gasteiger partial charge in [0, 0.05) is 63.8 Å². The summed E-state index contributed by atoms with van der Waals surface area (Å²) < 4.78 is 0. The van der Waals surface area contributed by atoms with E-state index in [0.717, 1.165) is 43.7 Å². The van der Waals surface area contributed by atoms with E-state index in [2.05, 4.69) is 37.6 Å². The van der Waals surface area contributed by atoms with Crippen LogP contribution in [0.3, 0.4) is 0 Å². The molecular weight excluding hydrogens is 477 g/mol. The molecule has 1 saturated heterocycles. The first-order valence-corrected chi connectivity index (χ1v) is 9.57. The number of halogens is 2. The van der Waals surface area contributed by atoms with Crippen molar-refractivity contribution in [3.8, 4) is 0 Å². The SMILES string of the molecule is CN=C(NCCNC(=O)C(C)C)N1CCN(Cc2ccc(Cl)cc2)CC1.I. The van der Waals surface area contributed by atoms with E-state index >= 15 is 0 Å². The van der Waals surface area contributed by atoms with E-state index in [1.165, 1.54) is 5.56 Å². The van der Waals surface area contributed by atoms with Gasteiger partial charge in [0.05, 0.1) is 0 Å². The number of hydrogen-bond donors (Lipinski definition) is 2. The van der Waals surface area contributed by atoms with Gasteiger partial charge < -0.3 is 15.5 Å². The zero-order chi connectivity index (χ0) is 18.9. The maximum Gasteiger partial charge on any atom is 0.222 e. The number of amides is 1. The van der Waals surface area contributed by atoms with Crippen LogP contribution in [-0.4, -0.2) is 68.0 Å².